The van der Waals surface area contributed by atoms with Crippen molar-refractivity contribution in [2.45, 2.75) is 79.9 Å². The highest BCUT2D eigenvalue weighted by Gasteiger charge is 2.74. The van der Waals surface area contributed by atoms with Crippen molar-refractivity contribution in [1.82, 2.24) is 10.2 Å². The maximum atomic E-state index is 15.6. The lowest BCUT2D eigenvalue weighted by Crippen LogP contribution is -2.55. The smallest absolute Gasteiger partial charge is 0.324 e. The molecule has 4 aliphatic rings. The lowest BCUT2D eigenvalue weighted by molar-refractivity contribution is -0.178. The Hall–Kier alpha value is -6.29. The van der Waals surface area contributed by atoms with Crippen LogP contribution in [0.25, 0.3) is 0 Å². The summed E-state index contributed by atoms with van der Waals surface area (Å²) in [7, 11) is 0. The van der Waals surface area contributed by atoms with Gasteiger partial charge in [0.25, 0.3) is 0 Å². The van der Waals surface area contributed by atoms with Gasteiger partial charge in [0.05, 0.1) is 30.7 Å². The van der Waals surface area contributed by atoms with E-state index in [4.69, 9.17) is 9.47 Å². The van der Waals surface area contributed by atoms with Gasteiger partial charge in [-0.15, -0.1) is 0 Å². The molecule has 0 radical (unpaired) electrons. The molecule has 3 aliphatic heterocycles. The first kappa shape index (κ1) is 42.0. The molecule has 3 heterocycles. The zero-order valence-electron chi connectivity index (χ0n) is 34.9. The number of nitrogens with zero attached hydrogens (tertiary/aromatic N) is 1. The first-order chi connectivity index (χ1) is 30.7. The fourth-order valence-electron chi connectivity index (χ4n) is 10.4. The van der Waals surface area contributed by atoms with Gasteiger partial charge in [-0.05, 0) is 72.2 Å². The number of benzene rings is 5. The van der Waals surface area contributed by atoms with E-state index >= 15 is 14.4 Å². The number of morpholine rings is 1. The standard InChI is InChI=1S/C52H51N3O8/c56-30-31-62-42-23-13-12-22-38(42)47-52(39-32-34(24-25-40(39)54-50(52)60)26-29-51(61)27-14-1-2-15-28-51)43(48(58)53-33-41(57)35-16-6-3-7-17-35)45-49(59)63-46(37-20-10-5-11-21-37)44(55(45)47)36-18-8-4-9-19-36/h3-13,16-25,32,41,43-47,56-57,61H,1-2,14-15,27-28,30-31,33H2,(H,53,58)(H,54,60). The number of amides is 2. The highest BCUT2D eigenvalue weighted by atomic mass is 16.6. The number of anilines is 1. The quantitative estimate of drug-likeness (QED) is 0.0593. The van der Waals surface area contributed by atoms with Gasteiger partial charge in [-0.2, -0.15) is 0 Å². The molecule has 3 fully saturated rings. The van der Waals surface area contributed by atoms with Gasteiger partial charge in [0.15, 0.2) is 0 Å². The number of para-hydroxylation sites is 1. The number of ether oxygens (including phenoxy) is 2. The Bertz CT molecular complexity index is 2520. The number of cyclic esters (lactones) is 1. The average Bonchev–Trinajstić information content (AvgIpc) is 3.68. The molecule has 7 unspecified atom stereocenters. The molecule has 63 heavy (non-hydrogen) atoms. The van der Waals surface area contributed by atoms with Crippen molar-refractivity contribution in [3.8, 4) is 17.6 Å². The second-order valence-corrected chi connectivity index (χ2v) is 17.0. The molecule has 11 heteroatoms. The van der Waals surface area contributed by atoms with Crippen molar-refractivity contribution < 1.29 is 39.2 Å². The minimum absolute atomic E-state index is 0.0519. The molecule has 1 aliphatic carbocycles. The highest BCUT2D eigenvalue weighted by Crippen LogP contribution is 2.65. The monoisotopic (exact) mass is 845 g/mol. The Balaban J connectivity index is 1.29. The molecule has 11 nitrogen and oxygen atoms in total. The van der Waals surface area contributed by atoms with Gasteiger partial charge in [0, 0.05) is 23.4 Å². The minimum Gasteiger partial charge on any atom is -0.491 e. The van der Waals surface area contributed by atoms with E-state index in [1.807, 2.05) is 83.8 Å². The number of esters is 1. The lowest BCUT2D eigenvalue weighted by atomic mass is 9.65. The van der Waals surface area contributed by atoms with Gasteiger partial charge in [-0.3, -0.25) is 19.3 Å². The number of aliphatic hydroxyl groups excluding tert-OH is 2. The van der Waals surface area contributed by atoms with Crippen LogP contribution in [0.1, 0.15) is 96.2 Å². The predicted octanol–water partition coefficient (Wildman–Crippen LogP) is 6.62. The van der Waals surface area contributed by atoms with E-state index in [-0.39, 0.29) is 19.8 Å². The Morgan fingerprint density at radius 1 is 0.841 bits per heavy atom. The third-order valence-corrected chi connectivity index (χ3v) is 13.2. The summed E-state index contributed by atoms with van der Waals surface area (Å²) in [4.78, 5) is 48.2. The molecule has 2 saturated heterocycles. The molecule has 0 aromatic heterocycles. The Kier molecular flexibility index (Phi) is 11.9. The predicted molar refractivity (Wildman–Crippen MR) is 236 cm³/mol. The number of carbonyl (C=O) groups is 3. The van der Waals surface area contributed by atoms with E-state index in [0.717, 1.165) is 36.8 Å². The summed E-state index contributed by atoms with van der Waals surface area (Å²) in [6.45, 7) is -0.535. The van der Waals surface area contributed by atoms with E-state index in [2.05, 4.69) is 22.5 Å². The zero-order valence-corrected chi connectivity index (χ0v) is 34.9. The van der Waals surface area contributed by atoms with Crippen LogP contribution in [0.15, 0.2) is 133 Å². The first-order valence-corrected chi connectivity index (χ1v) is 21.9. The van der Waals surface area contributed by atoms with Crippen LogP contribution in [-0.4, -0.2) is 69.4 Å². The largest absolute Gasteiger partial charge is 0.491 e. The van der Waals surface area contributed by atoms with E-state index in [9.17, 15) is 15.3 Å². The van der Waals surface area contributed by atoms with Crippen LogP contribution in [0.2, 0.25) is 0 Å². The van der Waals surface area contributed by atoms with E-state index in [1.165, 1.54) is 0 Å². The van der Waals surface area contributed by atoms with Gasteiger partial charge >= 0.3 is 5.97 Å². The van der Waals surface area contributed by atoms with Crippen molar-refractivity contribution in [1.29, 1.82) is 0 Å². The van der Waals surface area contributed by atoms with Crippen molar-refractivity contribution in [2.24, 2.45) is 5.92 Å². The molecule has 7 atom stereocenters. The molecule has 9 rings (SSSR count). The topological polar surface area (TPSA) is 158 Å². The SMILES string of the molecule is O=C1OC(c2ccccc2)C(c2ccccc2)N2C1C(C(=O)NCC(O)c1ccccc1)C1(C(=O)Nc3ccc(C#CC4(O)CCCCCC4)cc31)C2c1ccccc1OCCO. The number of hydrogen-bond acceptors (Lipinski definition) is 9. The molecule has 2 amide bonds. The summed E-state index contributed by atoms with van der Waals surface area (Å²) >= 11 is 0. The molecular weight excluding hydrogens is 795 g/mol. The van der Waals surface area contributed by atoms with Crippen LogP contribution in [0.3, 0.4) is 0 Å². The minimum atomic E-state index is -1.84. The third-order valence-electron chi connectivity index (χ3n) is 13.2. The first-order valence-electron chi connectivity index (χ1n) is 21.9. The summed E-state index contributed by atoms with van der Waals surface area (Å²) in [6, 6.07) is 37.4. The Morgan fingerprint density at radius 2 is 1.49 bits per heavy atom. The van der Waals surface area contributed by atoms with Crippen LogP contribution in [-0.2, 0) is 24.5 Å². The highest BCUT2D eigenvalue weighted by molar-refractivity contribution is 6.12. The fourth-order valence-corrected chi connectivity index (χ4v) is 10.4. The molecular formula is C52H51N3O8. The molecule has 0 bridgehead atoms. The lowest BCUT2D eigenvalue weighted by Gasteiger charge is -2.46. The van der Waals surface area contributed by atoms with Crippen molar-refractivity contribution in [2.75, 3.05) is 25.1 Å². The zero-order chi connectivity index (χ0) is 43.6. The van der Waals surface area contributed by atoms with Crippen molar-refractivity contribution >= 4 is 23.5 Å². The number of hydrogen-bond donors (Lipinski definition) is 5. The van der Waals surface area contributed by atoms with Crippen LogP contribution in [0.5, 0.6) is 5.75 Å². The van der Waals surface area contributed by atoms with Gasteiger partial charge in [0.2, 0.25) is 11.8 Å². The second-order valence-electron chi connectivity index (χ2n) is 17.0. The van der Waals surface area contributed by atoms with Crippen LogP contribution >= 0.6 is 0 Å². The van der Waals surface area contributed by atoms with Gasteiger partial charge in [-0.1, -0.05) is 134 Å². The van der Waals surface area contributed by atoms with Crippen molar-refractivity contribution in [3.05, 3.63) is 167 Å². The summed E-state index contributed by atoms with van der Waals surface area (Å²) in [5.74, 6) is 3.50. The number of aliphatic hydroxyl groups is 3. The third kappa shape index (κ3) is 7.78. The maximum Gasteiger partial charge on any atom is 0.324 e. The fraction of sp³-hybridized carbons (Fsp3) is 0.327. The summed E-state index contributed by atoms with van der Waals surface area (Å²) in [5, 5.41) is 39.0. The number of carbonyl (C=O) groups excluding carboxylic acids is 3. The summed E-state index contributed by atoms with van der Waals surface area (Å²) < 4.78 is 12.8. The van der Waals surface area contributed by atoms with Crippen LogP contribution < -0.4 is 15.4 Å². The van der Waals surface area contributed by atoms with E-state index in [1.54, 1.807) is 54.6 Å². The van der Waals surface area contributed by atoms with Gasteiger partial charge in [0.1, 0.15) is 35.5 Å². The normalized spacial score (nSPS) is 25.3. The molecule has 5 aromatic rings. The molecule has 1 saturated carbocycles. The van der Waals surface area contributed by atoms with E-state index in [0.29, 0.717) is 46.5 Å². The van der Waals surface area contributed by atoms with Crippen LogP contribution in [0, 0.1) is 17.8 Å². The summed E-state index contributed by atoms with van der Waals surface area (Å²) in [5.41, 5.74) is 1.03. The Labute approximate surface area is 367 Å². The number of rotatable bonds is 10. The summed E-state index contributed by atoms with van der Waals surface area (Å²) in [6.07, 6.45) is 2.95. The number of fused-ring (bicyclic) bond motifs is 3. The molecule has 5 N–H and O–H groups in total. The second kappa shape index (κ2) is 17.8. The molecule has 322 valence electrons. The Morgan fingerprint density at radius 3 is 2.19 bits per heavy atom. The molecule has 1 spiro atoms. The van der Waals surface area contributed by atoms with Gasteiger partial charge < -0.3 is 35.4 Å². The number of nitrogens with one attached hydrogen (secondary N) is 2. The van der Waals surface area contributed by atoms with Crippen molar-refractivity contribution in [3.63, 3.8) is 0 Å². The van der Waals surface area contributed by atoms with Crippen LogP contribution in [0.4, 0.5) is 5.69 Å². The van der Waals surface area contributed by atoms with Gasteiger partial charge in [-0.25, -0.2) is 0 Å². The average molecular weight is 846 g/mol. The van der Waals surface area contributed by atoms with E-state index < -0.39 is 65.1 Å². The maximum absolute atomic E-state index is 15.6. The molecule has 5 aromatic carbocycles.